The summed E-state index contributed by atoms with van der Waals surface area (Å²) < 4.78 is 0.908. The van der Waals surface area contributed by atoms with Gasteiger partial charge in [-0.3, -0.25) is 0 Å². The van der Waals surface area contributed by atoms with Gasteiger partial charge < -0.3 is 5.11 Å². The van der Waals surface area contributed by atoms with Gasteiger partial charge in [-0.1, -0.05) is 30.3 Å². The third-order valence-corrected chi connectivity index (χ3v) is 4.57. The highest BCUT2D eigenvalue weighted by Gasteiger charge is 2.11. The highest BCUT2D eigenvalue weighted by atomic mass is 35.5. The maximum atomic E-state index is 11.0. The van der Waals surface area contributed by atoms with E-state index in [1.807, 2.05) is 12.3 Å². The Kier molecular flexibility index (Phi) is 4.27. The molecule has 18 heavy (non-hydrogen) atoms. The van der Waals surface area contributed by atoms with Gasteiger partial charge in [0.2, 0.25) is 0 Å². The van der Waals surface area contributed by atoms with Crippen LogP contribution in [-0.4, -0.2) is 16.1 Å². The van der Waals surface area contributed by atoms with E-state index in [1.165, 1.54) is 11.8 Å². The smallest absolute Gasteiger partial charge is 0.337 e. The van der Waals surface area contributed by atoms with Gasteiger partial charge >= 0.3 is 5.97 Å². The number of hydrogen-bond donors (Lipinski definition) is 1. The first-order chi connectivity index (χ1) is 8.60. The molecule has 0 atom stereocenters. The fourth-order valence-corrected chi connectivity index (χ4v) is 3.46. The molecule has 0 aliphatic rings. The molecule has 1 N–H and O–H groups in total. The molecule has 1 aromatic heterocycles. The van der Waals surface area contributed by atoms with Crippen LogP contribution in [0.1, 0.15) is 23.0 Å². The van der Waals surface area contributed by atoms with Gasteiger partial charge in [-0.2, -0.15) is 0 Å². The number of rotatable bonds is 4. The number of benzene rings is 1. The molecule has 3 nitrogen and oxygen atoms in total. The van der Waals surface area contributed by atoms with Crippen molar-refractivity contribution in [3.63, 3.8) is 0 Å². The Morgan fingerprint density at radius 2 is 2.33 bits per heavy atom. The molecule has 0 saturated heterocycles. The van der Waals surface area contributed by atoms with Crippen molar-refractivity contribution in [3.05, 3.63) is 39.9 Å². The molecule has 94 valence electrons. The molecule has 1 aromatic carbocycles. The van der Waals surface area contributed by atoms with Crippen LogP contribution in [-0.2, 0) is 6.42 Å². The predicted molar refractivity (Wildman–Crippen MR) is 74.0 cm³/mol. The Morgan fingerprint density at radius 1 is 1.56 bits per heavy atom. The lowest BCUT2D eigenvalue weighted by atomic mass is 10.2. The molecule has 0 unspecified atom stereocenters. The summed E-state index contributed by atoms with van der Waals surface area (Å²) in [6.45, 7) is 2.05. The van der Waals surface area contributed by atoms with Crippen molar-refractivity contribution in [2.24, 2.45) is 0 Å². The summed E-state index contributed by atoms with van der Waals surface area (Å²) in [6, 6.07) is 4.97. The van der Waals surface area contributed by atoms with E-state index in [0.717, 1.165) is 21.3 Å². The van der Waals surface area contributed by atoms with E-state index in [1.54, 1.807) is 29.5 Å². The minimum atomic E-state index is -1.02. The van der Waals surface area contributed by atoms with Crippen molar-refractivity contribution in [1.29, 1.82) is 0 Å². The first kappa shape index (κ1) is 13.4. The van der Waals surface area contributed by atoms with E-state index in [4.69, 9.17) is 16.7 Å². The van der Waals surface area contributed by atoms with Gasteiger partial charge in [0, 0.05) is 10.3 Å². The van der Waals surface area contributed by atoms with Crippen molar-refractivity contribution in [3.8, 4) is 0 Å². The number of carboxylic acid groups (broad SMARTS) is 1. The molecule has 0 bridgehead atoms. The van der Waals surface area contributed by atoms with Gasteiger partial charge in [0.05, 0.1) is 16.3 Å². The monoisotopic (exact) mass is 299 g/mol. The summed E-state index contributed by atoms with van der Waals surface area (Å²) in [6.07, 6.45) is 0.901. The average molecular weight is 300 g/mol. The fraction of sp³-hybridized carbons (Fsp3) is 0.167. The number of halogens is 1. The molecule has 2 aromatic rings. The second kappa shape index (κ2) is 5.73. The third kappa shape index (κ3) is 3.04. The number of carboxylic acids is 1. The van der Waals surface area contributed by atoms with E-state index in [2.05, 4.69) is 4.98 Å². The van der Waals surface area contributed by atoms with E-state index >= 15 is 0 Å². The first-order valence-corrected chi connectivity index (χ1v) is 7.32. The molecule has 0 spiro atoms. The maximum absolute atomic E-state index is 11.0. The molecule has 0 saturated carbocycles. The van der Waals surface area contributed by atoms with Crippen LogP contribution >= 0.6 is 34.7 Å². The zero-order valence-corrected chi connectivity index (χ0v) is 11.9. The normalized spacial score (nSPS) is 10.6. The minimum Gasteiger partial charge on any atom is -0.478 e. The molecule has 0 aliphatic carbocycles. The van der Waals surface area contributed by atoms with Crippen LogP contribution in [0.5, 0.6) is 0 Å². The number of aromatic nitrogens is 1. The van der Waals surface area contributed by atoms with Gasteiger partial charge in [0.15, 0.2) is 4.34 Å². The van der Waals surface area contributed by atoms with Crippen LogP contribution in [0.4, 0.5) is 0 Å². The van der Waals surface area contributed by atoms with Crippen molar-refractivity contribution in [2.45, 2.75) is 22.6 Å². The lowest BCUT2D eigenvalue weighted by Crippen LogP contribution is -1.97. The minimum absolute atomic E-state index is 0.119. The lowest BCUT2D eigenvalue weighted by molar-refractivity contribution is 0.0697. The Labute approximate surface area is 118 Å². The zero-order chi connectivity index (χ0) is 13.1. The molecule has 0 amide bonds. The highest BCUT2D eigenvalue weighted by molar-refractivity contribution is 8.01. The average Bonchev–Trinajstić information content (AvgIpc) is 2.79. The van der Waals surface area contributed by atoms with E-state index < -0.39 is 5.97 Å². The highest BCUT2D eigenvalue weighted by Crippen LogP contribution is 2.32. The molecular formula is C12H10ClNO2S2. The molecule has 0 radical (unpaired) electrons. The number of thiazole rings is 1. The molecule has 1 heterocycles. The molecule has 2 rings (SSSR count). The largest absolute Gasteiger partial charge is 0.478 e. The maximum Gasteiger partial charge on any atom is 0.337 e. The van der Waals surface area contributed by atoms with Crippen LogP contribution in [0.2, 0.25) is 5.02 Å². The van der Waals surface area contributed by atoms with Crippen molar-refractivity contribution < 1.29 is 9.90 Å². The summed E-state index contributed by atoms with van der Waals surface area (Å²) in [4.78, 5) is 16.2. The standard InChI is InChI=1S/C12H10ClNO2S2/c1-2-7-6-17-12(14-7)18-8-3-4-10(13)9(5-8)11(15)16/h3-6H,2H2,1H3,(H,15,16). The van der Waals surface area contributed by atoms with Crippen LogP contribution in [0, 0.1) is 0 Å². The zero-order valence-electron chi connectivity index (χ0n) is 9.51. The van der Waals surface area contributed by atoms with E-state index in [-0.39, 0.29) is 10.6 Å². The van der Waals surface area contributed by atoms with Gasteiger partial charge in [-0.25, -0.2) is 9.78 Å². The summed E-state index contributed by atoms with van der Waals surface area (Å²) in [7, 11) is 0. The topological polar surface area (TPSA) is 50.2 Å². The Hall–Kier alpha value is -1.04. The van der Waals surface area contributed by atoms with Crippen LogP contribution in [0.15, 0.2) is 32.8 Å². The van der Waals surface area contributed by atoms with Crippen molar-refractivity contribution >= 4 is 40.7 Å². The summed E-state index contributed by atoms with van der Waals surface area (Å²) in [5, 5.41) is 11.3. The van der Waals surface area contributed by atoms with E-state index in [9.17, 15) is 4.79 Å². The van der Waals surface area contributed by atoms with Gasteiger partial charge in [-0.15, -0.1) is 11.3 Å². The second-order valence-electron chi connectivity index (χ2n) is 3.51. The van der Waals surface area contributed by atoms with E-state index in [0.29, 0.717) is 0 Å². The number of carbonyl (C=O) groups is 1. The van der Waals surface area contributed by atoms with Gasteiger partial charge in [-0.05, 0) is 24.6 Å². The van der Waals surface area contributed by atoms with Gasteiger partial charge in [0.1, 0.15) is 0 Å². The number of aromatic carboxylic acids is 1. The number of aryl methyl sites for hydroxylation is 1. The molecular weight excluding hydrogens is 290 g/mol. The Morgan fingerprint density at radius 3 is 2.94 bits per heavy atom. The van der Waals surface area contributed by atoms with Crippen LogP contribution in [0.3, 0.4) is 0 Å². The molecule has 0 aliphatic heterocycles. The fourth-order valence-electron chi connectivity index (χ4n) is 1.33. The SMILES string of the molecule is CCc1csc(Sc2ccc(Cl)c(C(=O)O)c2)n1. The quantitative estimate of drug-likeness (QED) is 0.919. The number of hydrogen-bond acceptors (Lipinski definition) is 4. The molecule has 0 fully saturated rings. The summed E-state index contributed by atoms with van der Waals surface area (Å²) in [5.74, 6) is -1.02. The number of nitrogens with zero attached hydrogens (tertiary/aromatic N) is 1. The second-order valence-corrected chi connectivity index (χ2v) is 6.09. The summed E-state index contributed by atoms with van der Waals surface area (Å²) >= 11 is 8.83. The third-order valence-electron chi connectivity index (χ3n) is 2.27. The first-order valence-electron chi connectivity index (χ1n) is 5.25. The Bertz CT molecular complexity index is 583. The van der Waals surface area contributed by atoms with Crippen molar-refractivity contribution in [1.82, 2.24) is 4.98 Å². The van der Waals surface area contributed by atoms with Crippen LogP contribution < -0.4 is 0 Å². The lowest BCUT2D eigenvalue weighted by Gasteiger charge is -2.02. The predicted octanol–water partition coefficient (Wildman–Crippen LogP) is 4.21. The summed E-state index contributed by atoms with van der Waals surface area (Å²) in [5.41, 5.74) is 1.17. The van der Waals surface area contributed by atoms with Gasteiger partial charge in [0.25, 0.3) is 0 Å². The van der Waals surface area contributed by atoms with Crippen LogP contribution in [0.25, 0.3) is 0 Å². The molecule has 6 heteroatoms. The van der Waals surface area contributed by atoms with Crippen molar-refractivity contribution in [2.75, 3.05) is 0 Å². The Balaban J connectivity index is 2.24.